The van der Waals surface area contributed by atoms with Crippen LogP contribution in [-0.4, -0.2) is 41.6 Å². The Hall–Kier alpha value is -1.20. The number of amides is 2. The van der Waals surface area contributed by atoms with E-state index in [0.717, 1.165) is 36.4 Å². The summed E-state index contributed by atoms with van der Waals surface area (Å²) in [4.78, 5) is 27.1. The molecule has 0 saturated carbocycles. The molecule has 1 unspecified atom stereocenters. The number of nitrogens with one attached hydrogen (secondary N) is 1. The van der Waals surface area contributed by atoms with Crippen molar-refractivity contribution in [3.63, 3.8) is 0 Å². The number of nitrogens with zero attached hydrogens (tertiary/aromatic N) is 1. The number of benzene rings is 1. The van der Waals surface area contributed by atoms with Gasteiger partial charge in [0.15, 0.2) is 0 Å². The lowest BCUT2D eigenvalue weighted by molar-refractivity contribution is -0.136. The van der Waals surface area contributed by atoms with Crippen LogP contribution in [0.1, 0.15) is 32.3 Å². The van der Waals surface area contributed by atoms with Gasteiger partial charge in [-0.3, -0.25) is 9.59 Å². The van der Waals surface area contributed by atoms with Crippen LogP contribution in [0.2, 0.25) is 5.02 Å². The molecular formula is C18H25ClN2O2S. The van der Waals surface area contributed by atoms with Crippen LogP contribution in [0.15, 0.2) is 23.1 Å². The summed E-state index contributed by atoms with van der Waals surface area (Å²) in [5.41, 5.74) is 1.03. The lowest BCUT2D eigenvalue weighted by atomic mass is 9.99. The Morgan fingerprint density at radius 1 is 1.38 bits per heavy atom. The van der Waals surface area contributed by atoms with Crippen molar-refractivity contribution in [2.24, 2.45) is 5.92 Å². The van der Waals surface area contributed by atoms with E-state index in [9.17, 15) is 9.59 Å². The van der Waals surface area contributed by atoms with Crippen LogP contribution in [0.3, 0.4) is 0 Å². The van der Waals surface area contributed by atoms with Crippen LogP contribution in [0, 0.1) is 12.8 Å². The molecule has 1 aromatic rings. The first-order valence-corrected chi connectivity index (χ1v) is 9.68. The highest BCUT2D eigenvalue weighted by atomic mass is 35.5. The van der Waals surface area contributed by atoms with Crippen LogP contribution in [0.5, 0.6) is 0 Å². The monoisotopic (exact) mass is 368 g/mol. The van der Waals surface area contributed by atoms with Crippen LogP contribution < -0.4 is 5.32 Å². The third-order valence-electron chi connectivity index (χ3n) is 4.33. The summed E-state index contributed by atoms with van der Waals surface area (Å²) < 4.78 is 0. The molecule has 0 aromatic heterocycles. The van der Waals surface area contributed by atoms with Gasteiger partial charge >= 0.3 is 0 Å². The Morgan fingerprint density at radius 2 is 2.04 bits per heavy atom. The van der Waals surface area contributed by atoms with E-state index >= 15 is 0 Å². The number of aryl methyl sites for hydroxylation is 1. The van der Waals surface area contributed by atoms with Gasteiger partial charge in [0.1, 0.15) is 6.04 Å². The fraction of sp³-hybridized carbons (Fsp3) is 0.556. The Labute approximate surface area is 153 Å². The fourth-order valence-corrected chi connectivity index (χ4v) is 3.91. The molecule has 0 radical (unpaired) electrons. The van der Waals surface area contributed by atoms with E-state index < -0.39 is 6.04 Å². The molecule has 4 nitrogen and oxygen atoms in total. The highest BCUT2D eigenvalue weighted by Crippen LogP contribution is 2.25. The summed E-state index contributed by atoms with van der Waals surface area (Å²) in [7, 11) is 0. The van der Waals surface area contributed by atoms with Crippen molar-refractivity contribution < 1.29 is 9.59 Å². The molecule has 6 heteroatoms. The minimum absolute atomic E-state index is 0.0165. The van der Waals surface area contributed by atoms with Crippen LogP contribution >= 0.6 is 23.4 Å². The number of halogens is 1. The Bertz CT molecular complexity index is 601. The van der Waals surface area contributed by atoms with E-state index in [1.54, 1.807) is 0 Å². The summed E-state index contributed by atoms with van der Waals surface area (Å²) in [6.45, 7) is 7.17. The van der Waals surface area contributed by atoms with E-state index in [2.05, 4.69) is 12.2 Å². The zero-order valence-corrected chi connectivity index (χ0v) is 16.0. The first kappa shape index (κ1) is 19.1. The summed E-state index contributed by atoms with van der Waals surface area (Å²) in [5.74, 6) is 1.01. The van der Waals surface area contributed by atoms with Crippen molar-refractivity contribution in [2.75, 3.05) is 18.8 Å². The number of carbonyl (C=O) groups excluding carboxylic acids is 2. The van der Waals surface area contributed by atoms with Crippen LogP contribution in [0.4, 0.5) is 0 Å². The maximum atomic E-state index is 12.8. The standard InChI is InChI=1S/C18H25ClN2O2S/c1-12-6-8-21(9-7-12)18(23)17(20-14(3)22)11-24-15-5-4-13(2)16(19)10-15/h4-5,10,12,17H,6-9,11H2,1-3H3,(H,20,22). The summed E-state index contributed by atoms with van der Waals surface area (Å²) >= 11 is 7.69. The maximum absolute atomic E-state index is 12.8. The smallest absolute Gasteiger partial charge is 0.246 e. The molecule has 1 aliphatic rings. The summed E-state index contributed by atoms with van der Waals surface area (Å²) in [6.07, 6.45) is 2.05. The van der Waals surface area contributed by atoms with Gasteiger partial charge in [-0.05, 0) is 43.4 Å². The molecule has 0 bridgehead atoms. The number of hydrogen-bond donors (Lipinski definition) is 1. The van der Waals surface area contributed by atoms with Gasteiger partial charge in [0.2, 0.25) is 11.8 Å². The van der Waals surface area contributed by atoms with Crippen molar-refractivity contribution >= 4 is 35.2 Å². The van der Waals surface area contributed by atoms with Gasteiger partial charge in [0.05, 0.1) is 0 Å². The molecule has 1 N–H and O–H groups in total. The van der Waals surface area contributed by atoms with Gasteiger partial charge in [0, 0.05) is 35.7 Å². The molecular weight excluding hydrogens is 344 g/mol. The lowest BCUT2D eigenvalue weighted by Crippen LogP contribution is -2.51. The van der Waals surface area contributed by atoms with Gasteiger partial charge in [-0.15, -0.1) is 11.8 Å². The average molecular weight is 369 g/mol. The van der Waals surface area contributed by atoms with Crippen molar-refractivity contribution in [3.8, 4) is 0 Å². The molecule has 132 valence electrons. The highest BCUT2D eigenvalue weighted by Gasteiger charge is 2.27. The second-order valence-corrected chi connectivity index (χ2v) is 7.98. The second kappa shape index (κ2) is 8.77. The number of rotatable bonds is 5. The van der Waals surface area contributed by atoms with Gasteiger partial charge < -0.3 is 10.2 Å². The summed E-state index contributed by atoms with van der Waals surface area (Å²) in [6, 6.07) is 5.36. The van der Waals surface area contributed by atoms with Crippen LogP contribution in [-0.2, 0) is 9.59 Å². The predicted octanol–water partition coefficient (Wildman–Crippen LogP) is 3.50. The Kier molecular flexibility index (Phi) is 6.99. The molecule has 24 heavy (non-hydrogen) atoms. The fourth-order valence-electron chi connectivity index (χ4n) is 2.71. The Balaban J connectivity index is 2.00. The normalized spacial score (nSPS) is 16.8. The van der Waals surface area contributed by atoms with Gasteiger partial charge in [-0.2, -0.15) is 0 Å². The molecule has 1 heterocycles. The molecule has 0 aliphatic carbocycles. The van der Waals surface area contributed by atoms with Crippen molar-refractivity contribution in [2.45, 2.75) is 44.6 Å². The number of carbonyl (C=O) groups is 2. The second-order valence-electron chi connectivity index (χ2n) is 6.48. The SMILES string of the molecule is CC(=O)NC(CSc1ccc(C)c(Cl)c1)C(=O)N1CCC(C)CC1. The minimum atomic E-state index is -0.499. The van der Waals surface area contributed by atoms with E-state index in [4.69, 9.17) is 11.6 Å². The van der Waals surface area contributed by atoms with Crippen molar-refractivity contribution in [1.82, 2.24) is 10.2 Å². The van der Waals surface area contributed by atoms with Crippen molar-refractivity contribution in [1.29, 1.82) is 0 Å². The van der Waals surface area contributed by atoms with E-state index in [-0.39, 0.29) is 11.8 Å². The van der Waals surface area contributed by atoms with Crippen molar-refractivity contribution in [3.05, 3.63) is 28.8 Å². The number of thioether (sulfide) groups is 1. The third-order valence-corrected chi connectivity index (χ3v) is 5.83. The molecule has 1 saturated heterocycles. The van der Waals surface area contributed by atoms with Gasteiger partial charge in [-0.1, -0.05) is 24.6 Å². The molecule has 1 fully saturated rings. The maximum Gasteiger partial charge on any atom is 0.246 e. The molecule has 1 atom stereocenters. The minimum Gasteiger partial charge on any atom is -0.344 e. The topological polar surface area (TPSA) is 49.4 Å². The lowest BCUT2D eigenvalue weighted by Gasteiger charge is -2.33. The highest BCUT2D eigenvalue weighted by molar-refractivity contribution is 7.99. The zero-order chi connectivity index (χ0) is 17.7. The van der Waals surface area contributed by atoms with Gasteiger partial charge in [0.25, 0.3) is 0 Å². The molecule has 1 aromatic carbocycles. The zero-order valence-electron chi connectivity index (χ0n) is 14.5. The number of piperidine rings is 1. The molecule has 1 aliphatic heterocycles. The summed E-state index contributed by atoms with van der Waals surface area (Å²) in [5, 5.41) is 3.52. The molecule has 2 amide bonds. The first-order chi connectivity index (χ1) is 11.4. The third kappa shape index (κ3) is 5.42. The van der Waals surface area contributed by atoms with E-state index in [1.807, 2.05) is 30.0 Å². The average Bonchev–Trinajstić information content (AvgIpc) is 2.54. The van der Waals surface area contributed by atoms with E-state index in [0.29, 0.717) is 16.7 Å². The van der Waals surface area contributed by atoms with E-state index in [1.165, 1.54) is 18.7 Å². The molecule has 0 spiro atoms. The quantitative estimate of drug-likeness (QED) is 0.809. The number of likely N-dealkylation sites (tertiary alicyclic amines) is 1. The predicted molar refractivity (Wildman–Crippen MR) is 99.5 cm³/mol. The largest absolute Gasteiger partial charge is 0.344 e. The Morgan fingerprint density at radius 3 is 2.62 bits per heavy atom. The molecule has 2 rings (SSSR count). The number of hydrogen-bond acceptors (Lipinski definition) is 3. The van der Waals surface area contributed by atoms with Gasteiger partial charge in [-0.25, -0.2) is 0 Å². The van der Waals surface area contributed by atoms with Crippen LogP contribution in [0.25, 0.3) is 0 Å². The first-order valence-electron chi connectivity index (χ1n) is 8.31.